The lowest BCUT2D eigenvalue weighted by Crippen LogP contribution is -2.53. The van der Waals surface area contributed by atoms with E-state index in [1.54, 1.807) is 0 Å². The van der Waals surface area contributed by atoms with E-state index in [9.17, 15) is 9.59 Å². The first-order valence-electron chi connectivity index (χ1n) is 7.90. The Labute approximate surface area is 133 Å². The monoisotopic (exact) mass is 302 g/mol. The summed E-state index contributed by atoms with van der Waals surface area (Å²) in [6.07, 6.45) is 0.444. The Morgan fingerprint density at radius 2 is 1.55 bits per heavy atom. The van der Waals surface area contributed by atoms with E-state index in [2.05, 4.69) is 0 Å². The van der Waals surface area contributed by atoms with Gasteiger partial charge in [-0.2, -0.15) is 0 Å². The Morgan fingerprint density at radius 1 is 1.00 bits per heavy atom. The van der Waals surface area contributed by atoms with E-state index in [0.717, 1.165) is 11.1 Å². The number of amides is 2. The van der Waals surface area contributed by atoms with Gasteiger partial charge in [0.25, 0.3) is 0 Å². The van der Waals surface area contributed by atoms with Crippen LogP contribution in [0.4, 0.5) is 0 Å². The van der Waals surface area contributed by atoms with Gasteiger partial charge in [0, 0.05) is 31.6 Å². The summed E-state index contributed by atoms with van der Waals surface area (Å²) in [5.41, 5.74) is 1.88. The first-order valence-corrected chi connectivity index (χ1v) is 7.90. The molecule has 0 bridgehead atoms. The molecule has 1 aliphatic heterocycles. The number of benzene rings is 1. The molecule has 4 nitrogen and oxygen atoms in total. The van der Waals surface area contributed by atoms with Crippen molar-refractivity contribution in [3.8, 4) is 0 Å². The summed E-state index contributed by atoms with van der Waals surface area (Å²) in [4.78, 5) is 28.4. The van der Waals surface area contributed by atoms with Crippen LogP contribution in [0.25, 0.3) is 0 Å². The third kappa shape index (κ3) is 3.87. The van der Waals surface area contributed by atoms with Crippen LogP contribution < -0.4 is 0 Å². The third-order valence-corrected chi connectivity index (χ3v) is 4.16. The fraction of sp³-hybridized carbons (Fsp3) is 0.556. The Morgan fingerprint density at radius 3 is 2.09 bits per heavy atom. The summed E-state index contributed by atoms with van der Waals surface area (Å²) in [5, 5.41) is 0. The molecule has 1 aromatic rings. The van der Waals surface area contributed by atoms with Crippen molar-refractivity contribution in [1.29, 1.82) is 0 Å². The molecule has 1 saturated heterocycles. The van der Waals surface area contributed by atoms with Gasteiger partial charge in [-0.05, 0) is 18.1 Å². The van der Waals surface area contributed by atoms with Gasteiger partial charge in [-0.25, -0.2) is 0 Å². The Balaban J connectivity index is 1.90. The maximum Gasteiger partial charge on any atom is 0.228 e. The molecule has 2 amide bonds. The minimum Gasteiger partial charge on any atom is -0.339 e. The molecule has 0 radical (unpaired) electrons. The van der Waals surface area contributed by atoms with Gasteiger partial charge in [-0.15, -0.1) is 0 Å². The molecular formula is C18H26N2O2. The minimum absolute atomic E-state index is 0.150. The van der Waals surface area contributed by atoms with Crippen molar-refractivity contribution < 1.29 is 9.59 Å². The van der Waals surface area contributed by atoms with Gasteiger partial charge < -0.3 is 9.80 Å². The van der Waals surface area contributed by atoms with Crippen molar-refractivity contribution in [3.05, 3.63) is 35.4 Å². The molecule has 22 heavy (non-hydrogen) atoms. The first kappa shape index (κ1) is 16.5. The van der Waals surface area contributed by atoms with Gasteiger partial charge in [0.1, 0.15) is 0 Å². The minimum atomic E-state index is -0.354. The number of piperazine rings is 1. The summed E-state index contributed by atoms with van der Waals surface area (Å²) in [7, 11) is 0. The van der Waals surface area contributed by atoms with Crippen LogP contribution in [0.3, 0.4) is 0 Å². The van der Waals surface area contributed by atoms with Crippen molar-refractivity contribution in [2.75, 3.05) is 26.2 Å². The smallest absolute Gasteiger partial charge is 0.228 e. The number of hydrogen-bond acceptors (Lipinski definition) is 2. The average Bonchev–Trinajstić information content (AvgIpc) is 2.48. The van der Waals surface area contributed by atoms with Crippen LogP contribution >= 0.6 is 0 Å². The van der Waals surface area contributed by atoms with Gasteiger partial charge in [-0.3, -0.25) is 9.59 Å². The first-order chi connectivity index (χ1) is 10.3. The number of nitrogens with zero attached hydrogens (tertiary/aromatic N) is 2. The summed E-state index contributed by atoms with van der Waals surface area (Å²) in [6.45, 7) is 10.4. The molecule has 2 rings (SSSR count). The highest BCUT2D eigenvalue weighted by Gasteiger charge is 2.30. The molecule has 0 aromatic heterocycles. The second-order valence-corrected chi connectivity index (χ2v) is 7.03. The molecule has 0 N–H and O–H groups in total. The van der Waals surface area contributed by atoms with Crippen molar-refractivity contribution in [2.45, 2.75) is 34.1 Å². The van der Waals surface area contributed by atoms with E-state index in [1.165, 1.54) is 0 Å². The number of hydrogen-bond donors (Lipinski definition) is 0. The van der Waals surface area contributed by atoms with Crippen molar-refractivity contribution in [1.82, 2.24) is 9.80 Å². The van der Waals surface area contributed by atoms with E-state index < -0.39 is 0 Å². The Kier molecular flexibility index (Phi) is 4.89. The summed E-state index contributed by atoms with van der Waals surface area (Å²) in [6, 6.07) is 7.99. The predicted molar refractivity (Wildman–Crippen MR) is 87.5 cm³/mol. The lowest BCUT2D eigenvalue weighted by molar-refractivity contribution is -0.144. The van der Waals surface area contributed by atoms with Crippen LogP contribution in [-0.2, 0) is 16.0 Å². The lowest BCUT2D eigenvalue weighted by atomic mass is 9.94. The molecule has 1 aromatic carbocycles. The van der Waals surface area contributed by atoms with Gasteiger partial charge in [0.2, 0.25) is 11.8 Å². The van der Waals surface area contributed by atoms with Crippen molar-refractivity contribution >= 4 is 11.8 Å². The highest BCUT2D eigenvalue weighted by molar-refractivity contribution is 5.82. The number of carbonyl (C=O) groups excluding carboxylic acids is 2. The highest BCUT2D eigenvalue weighted by atomic mass is 16.2. The van der Waals surface area contributed by atoms with E-state index in [-0.39, 0.29) is 17.2 Å². The van der Waals surface area contributed by atoms with E-state index in [0.29, 0.717) is 32.6 Å². The molecule has 120 valence electrons. The second kappa shape index (κ2) is 6.51. The average molecular weight is 302 g/mol. The van der Waals surface area contributed by atoms with Crippen LogP contribution in [0, 0.1) is 12.3 Å². The topological polar surface area (TPSA) is 40.6 Å². The maximum absolute atomic E-state index is 12.4. The SMILES string of the molecule is Cc1ccccc1CC(=O)N1CCN(C(=O)C(C)(C)C)CC1. The molecular weight excluding hydrogens is 276 g/mol. The zero-order valence-electron chi connectivity index (χ0n) is 14.1. The molecule has 1 aliphatic rings. The zero-order chi connectivity index (χ0) is 16.3. The standard InChI is InChI=1S/C18H26N2O2/c1-14-7-5-6-8-15(14)13-16(21)19-9-11-20(12-10-19)17(22)18(2,3)4/h5-8H,9-13H2,1-4H3. The quantitative estimate of drug-likeness (QED) is 0.841. The largest absolute Gasteiger partial charge is 0.339 e. The van der Waals surface area contributed by atoms with Gasteiger partial charge in [-0.1, -0.05) is 45.0 Å². The Bertz CT molecular complexity index is 552. The number of aryl methyl sites for hydroxylation is 1. The lowest BCUT2D eigenvalue weighted by Gasteiger charge is -2.37. The van der Waals surface area contributed by atoms with Crippen LogP contribution in [0.1, 0.15) is 31.9 Å². The number of rotatable bonds is 2. The zero-order valence-corrected chi connectivity index (χ0v) is 14.1. The number of carbonyl (C=O) groups is 2. The van der Waals surface area contributed by atoms with Crippen LogP contribution in [-0.4, -0.2) is 47.8 Å². The summed E-state index contributed by atoms with van der Waals surface area (Å²) < 4.78 is 0. The third-order valence-electron chi connectivity index (χ3n) is 4.16. The molecule has 0 spiro atoms. The van der Waals surface area contributed by atoms with Gasteiger partial charge in [0.15, 0.2) is 0 Å². The molecule has 1 fully saturated rings. The molecule has 0 aliphatic carbocycles. The van der Waals surface area contributed by atoms with Crippen LogP contribution in [0.5, 0.6) is 0 Å². The fourth-order valence-electron chi connectivity index (χ4n) is 2.72. The van der Waals surface area contributed by atoms with E-state index in [1.807, 2.05) is 61.8 Å². The highest BCUT2D eigenvalue weighted by Crippen LogP contribution is 2.19. The van der Waals surface area contributed by atoms with Gasteiger partial charge in [0.05, 0.1) is 6.42 Å². The van der Waals surface area contributed by atoms with Crippen molar-refractivity contribution in [2.24, 2.45) is 5.41 Å². The van der Waals surface area contributed by atoms with E-state index >= 15 is 0 Å². The Hall–Kier alpha value is -1.84. The molecule has 1 heterocycles. The van der Waals surface area contributed by atoms with Crippen LogP contribution in [0.15, 0.2) is 24.3 Å². The summed E-state index contributed by atoms with van der Waals surface area (Å²) >= 11 is 0. The molecule has 4 heteroatoms. The second-order valence-electron chi connectivity index (χ2n) is 7.03. The van der Waals surface area contributed by atoms with Gasteiger partial charge >= 0.3 is 0 Å². The fourth-order valence-corrected chi connectivity index (χ4v) is 2.72. The summed E-state index contributed by atoms with van der Waals surface area (Å²) in [5.74, 6) is 0.315. The maximum atomic E-state index is 12.4. The normalized spacial score (nSPS) is 15.8. The molecule has 0 unspecified atom stereocenters. The van der Waals surface area contributed by atoms with Crippen molar-refractivity contribution in [3.63, 3.8) is 0 Å². The predicted octanol–water partition coefficient (Wildman–Crippen LogP) is 2.25. The molecule has 0 atom stereocenters. The molecule has 0 saturated carbocycles. The van der Waals surface area contributed by atoms with Crippen LogP contribution in [0.2, 0.25) is 0 Å². The van der Waals surface area contributed by atoms with E-state index in [4.69, 9.17) is 0 Å².